The number of thiophene rings is 1. The number of aliphatic carboxylic acids is 2. The lowest BCUT2D eigenvalue weighted by Crippen LogP contribution is -2.29. The molecule has 0 aliphatic carbocycles. The normalized spacial score (nSPS) is 13.8. The summed E-state index contributed by atoms with van der Waals surface area (Å²) in [6.45, 7) is 2.69. The highest BCUT2D eigenvalue weighted by molar-refractivity contribution is 7.10. The Balaban J connectivity index is 0.000000242. The number of rotatable bonds is 4. The monoisotopic (exact) mass is 363 g/mol. The van der Waals surface area contributed by atoms with Crippen molar-refractivity contribution in [1.29, 1.82) is 0 Å². The Morgan fingerprint density at radius 1 is 1.16 bits per heavy atom. The summed E-state index contributed by atoms with van der Waals surface area (Å²) in [6, 6.07) is 9.24. The molecule has 0 radical (unpaired) electrons. The zero-order valence-electron chi connectivity index (χ0n) is 13.4. The van der Waals surface area contributed by atoms with Crippen molar-refractivity contribution in [1.82, 2.24) is 4.90 Å². The van der Waals surface area contributed by atoms with Crippen LogP contribution in [0.25, 0.3) is 0 Å². The molecule has 0 spiro atoms. The van der Waals surface area contributed by atoms with E-state index in [1.54, 1.807) is 6.07 Å². The molecule has 25 heavy (non-hydrogen) atoms. The number of carboxylic acid groups (broad SMARTS) is 2. The van der Waals surface area contributed by atoms with Crippen molar-refractivity contribution >= 4 is 23.3 Å². The van der Waals surface area contributed by atoms with Gasteiger partial charge in [0.05, 0.1) is 0 Å². The first-order valence-corrected chi connectivity index (χ1v) is 8.48. The smallest absolute Gasteiger partial charge is 0.328 e. The van der Waals surface area contributed by atoms with E-state index < -0.39 is 11.9 Å². The van der Waals surface area contributed by atoms with E-state index in [4.69, 9.17) is 10.2 Å². The van der Waals surface area contributed by atoms with E-state index in [0.29, 0.717) is 18.7 Å². The van der Waals surface area contributed by atoms with E-state index in [2.05, 4.69) is 16.3 Å². The highest BCUT2D eigenvalue weighted by Gasteiger charge is 2.17. The minimum atomic E-state index is -1.26. The third-order valence-corrected chi connectivity index (χ3v) is 4.63. The zero-order chi connectivity index (χ0) is 18.2. The fourth-order valence-corrected chi connectivity index (χ4v) is 3.34. The Morgan fingerprint density at radius 3 is 2.48 bits per heavy atom. The number of hydrogen-bond donors (Lipinski definition) is 2. The van der Waals surface area contributed by atoms with Gasteiger partial charge < -0.3 is 10.2 Å². The van der Waals surface area contributed by atoms with E-state index >= 15 is 0 Å². The second-order valence-electron chi connectivity index (χ2n) is 5.43. The van der Waals surface area contributed by atoms with Crippen molar-refractivity contribution < 1.29 is 24.2 Å². The van der Waals surface area contributed by atoms with Crippen LogP contribution in [0.5, 0.6) is 0 Å². The molecular weight excluding hydrogens is 345 g/mol. The Kier molecular flexibility index (Phi) is 6.85. The molecule has 0 fully saturated rings. The molecule has 1 aromatic carbocycles. The maximum absolute atomic E-state index is 13.6. The molecule has 7 heteroatoms. The van der Waals surface area contributed by atoms with Crippen molar-refractivity contribution in [3.05, 3.63) is 69.7 Å². The third-order valence-electron chi connectivity index (χ3n) is 3.61. The van der Waals surface area contributed by atoms with Crippen LogP contribution in [0.2, 0.25) is 0 Å². The van der Waals surface area contributed by atoms with Gasteiger partial charge in [-0.25, -0.2) is 14.0 Å². The van der Waals surface area contributed by atoms with Crippen molar-refractivity contribution in [2.45, 2.75) is 19.5 Å². The fourth-order valence-electron chi connectivity index (χ4n) is 2.45. The van der Waals surface area contributed by atoms with Crippen LogP contribution in [-0.4, -0.2) is 33.6 Å². The summed E-state index contributed by atoms with van der Waals surface area (Å²) in [6.07, 6.45) is 2.21. The van der Waals surface area contributed by atoms with Crippen LogP contribution in [0.4, 0.5) is 4.39 Å². The first kappa shape index (κ1) is 18.8. The van der Waals surface area contributed by atoms with Gasteiger partial charge >= 0.3 is 11.9 Å². The number of carbonyl (C=O) groups is 2. The molecule has 132 valence electrons. The number of benzene rings is 1. The Hall–Kier alpha value is -2.51. The van der Waals surface area contributed by atoms with Gasteiger partial charge in [-0.2, -0.15) is 0 Å². The molecule has 1 aromatic heterocycles. The molecule has 0 amide bonds. The zero-order valence-corrected chi connectivity index (χ0v) is 14.2. The molecule has 5 nitrogen and oxygen atoms in total. The van der Waals surface area contributed by atoms with Gasteiger partial charge in [0, 0.05) is 42.2 Å². The maximum Gasteiger partial charge on any atom is 0.328 e. The SMILES string of the molecule is Fc1ccccc1CN1CCc2sccc2C1.O=C(O)C=CC(=O)O. The first-order chi connectivity index (χ1) is 12.0. The van der Waals surface area contributed by atoms with Crippen molar-refractivity contribution in [2.24, 2.45) is 0 Å². The molecule has 1 aliphatic rings. The molecule has 0 atom stereocenters. The summed E-state index contributed by atoms with van der Waals surface area (Å²) in [5.74, 6) is -2.61. The molecule has 2 aromatic rings. The summed E-state index contributed by atoms with van der Waals surface area (Å²) < 4.78 is 13.6. The molecule has 0 bridgehead atoms. The number of hydrogen-bond acceptors (Lipinski definition) is 4. The second-order valence-corrected chi connectivity index (χ2v) is 6.43. The molecule has 1 aliphatic heterocycles. The van der Waals surface area contributed by atoms with E-state index in [9.17, 15) is 14.0 Å². The highest BCUT2D eigenvalue weighted by Crippen LogP contribution is 2.25. The van der Waals surface area contributed by atoms with Gasteiger partial charge in [0.1, 0.15) is 5.82 Å². The predicted molar refractivity (Wildman–Crippen MR) is 92.9 cm³/mol. The quantitative estimate of drug-likeness (QED) is 0.816. The lowest BCUT2D eigenvalue weighted by molar-refractivity contribution is -0.134. The number of carboxylic acids is 2. The fraction of sp³-hybridized carbons (Fsp3) is 0.222. The van der Waals surface area contributed by atoms with Gasteiger partial charge in [-0.3, -0.25) is 4.90 Å². The average molecular weight is 363 g/mol. The van der Waals surface area contributed by atoms with Crippen molar-refractivity contribution in [2.75, 3.05) is 6.54 Å². The minimum absolute atomic E-state index is 0.0939. The van der Waals surface area contributed by atoms with E-state index in [1.165, 1.54) is 16.5 Å². The summed E-state index contributed by atoms with van der Waals surface area (Å²) in [5, 5.41) is 17.8. The number of halogens is 1. The van der Waals surface area contributed by atoms with Gasteiger partial charge in [-0.15, -0.1) is 11.3 Å². The Bertz CT molecular complexity index is 756. The first-order valence-electron chi connectivity index (χ1n) is 7.60. The van der Waals surface area contributed by atoms with Crippen LogP contribution in [0, 0.1) is 5.82 Å². The standard InChI is InChI=1S/C14H14FNS.C4H4O4/c15-13-4-2-1-3-11(13)9-16-7-5-14-12(10-16)6-8-17-14;5-3(6)1-2-4(7)8/h1-4,6,8H,5,7,9-10H2;1-2H,(H,5,6)(H,7,8). The maximum atomic E-state index is 13.6. The third kappa shape index (κ3) is 6.13. The predicted octanol–water partition coefficient (Wildman–Crippen LogP) is 3.16. The van der Waals surface area contributed by atoms with Crippen LogP contribution in [0.1, 0.15) is 16.0 Å². The van der Waals surface area contributed by atoms with Crippen LogP contribution in [-0.2, 0) is 29.1 Å². The molecule has 2 heterocycles. The van der Waals surface area contributed by atoms with Crippen molar-refractivity contribution in [3.8, 4) is 0 Å². The molecule has 2 N–H and O–H groups in total. The molecule has 0 unspecified atom stereocenters. The van der Waals surface area contributed by atoms with Crippen molar-refractivity contribution in [3.63, 3.8) is 0 Å². The van der Waals surface area contributed by atoms with Crippen LogP contribution in [0.15, 0.2) is 47.9 Å². The summed E-state index contributed by atoms with van der Waals surface area (Å²) in [4.78, 5) is 22.9. The molecule has 3 rings (SSSR count). The largest absolute Gasteiger partial charge is 0.478 e. The van der Waals surface area contributed by atoms with Crippen LogP contribution < -0.4 is 0 Å². The molecular formula is C18H18FNO4S. The van der Waals surface area contributed by atoms with Gasteiger partial charge in [-0.05, 0) is 29.5 Å². The van der Waals surface area contributed by atoms with Gasteiger partial charge in [0.15, 0.2) is 0 Å². The highest BCUT2D eigenvalue weighted by atomic mass is 32.1. The van der Waals surface area contributed by atoms with Gasteiger partial charge in [0.2, 0.25) is 0 Å². The van der Waals surface area contributed by atoms with Crippen LogP contribution in [0.3, 0.4) is 0 Å². The summed E-state index contributed by atoms with van der Waals surface area (Å²) in [5.41, 5.74) is 2.21. The van der Waals surface area contributed by atoms with E-state index in [0.717, 1.165) is 25.1 Å². The second kappa shape index (κ2) is 9.10. The lowest BCUT2D eigenvalue weighted by Gasteiger charge is -2.26. The van der Waals surface area contributed by atoms with E-state index in [-0.39, 0.29) is 5.82 Å². The van der Waals surface area contributed by atoms with Gasteiger partial charge in [0.25, 0.3) is 0 Å². The minimum Gasteiger partial charge on any atom is -0.478 e. The number of nitrogens with zero attached hydrogens (tertiary/aromatic N) is 1. The van der Waals surface area contributed by atoms with Gasteiger partial charge in [-0.1, -0.05) is 18.2 Å². The number of fused-ring (bicyclic) bond motifs is 1. The Morgan fingerprint density at radius 2 is 1.84 bits per heavy atom. The molecule has 0 saturated carbocycles. The topological polar surface area (TPSA) is 77.8 Å². The Labute approximate surface area is 148 Å². The average Bonchev–Trinajstić information content (AvgIpc) is 3.03. The van der Waals surface area contributed by atoms with E-state index in [1.807, 2.05) is 23.5 Å². The summed E-state index contributed by atoms with van der Waals surface area (Å²) >= 11 is 1.84. The summed E-state index contributed by atoms with van der Waals surface area (Å²) in [7, 11) is 0. The molecule has 0 saturated heterocycles. The lowest BCUT2D eigenvalue weighted by atomic mass is 10.1. The van der Waals surface area contributed by atoms with Crippen LogP contribution >= 0.6 is 11.3 Å².